The zero-order chi connectivity index (χ0) is 15.6. The Hall–Kier alpha value is -1.24. The monoisotopic (exact) mass is 379 g/mol. The predicted molar refractivity (Wildman–Crippen MR) is 78.9 cm³/mol. The van der Waals surface area contributed by atoms with Crippen LogP contribution in [0.15, 0.2) is 34.8 Å². The van der Waals surface area contributed by atoms with Crippen LogP contribution in [0.4, 0.5) is 18.9 Å². The highest BCUT2D eigenvalue weighted by atomic mass is 79.9. The standard InChI is InChI=1S/C14H10BrClF3NO/c15-10-4-8(18)5-11(16)14(10)20-6-13(21)9-3-7(17)1-2-12(9)19/h1-5,13,20-21H,6H2. The van der Waals surface area contributed by atoms with Crippen LogP contribution in [0.25, 0.3) is 0 Å². The van der Waals surface area contributed by atoms with Gasteiger partial charge in [0.05, 0.1) is 16.8 Å². The quantitative estimate of drug-likeness (QED) is 0.808. The van der Waals surface area contributed by atoms with Gasteiger partial charge in [0.15, 0.2) is 0 Å². The number of rotatable bonds is 4. The third-order valence-electron chi connectivity index (χ3n) is 2.80. The molecule has 0 aliphatic rings. The molecule has 112 valence electrons. The molecule has 0 aromatic heterocycles. The zero-order valence-corrected chi connectivity index (χ0v) is 12.9. The highest BCUT2D eigenvalue weighted by molar-refractivity contribution is 9.10. The van der Waals surface area contributed by atoms with Gasteiger partial charge in [0.1, 0.15) is 17.5 Å². The Balaban J connectivity index is 2.15. The van der Waals surface area contributed by atoms with Gasteiger partial charge in [0, 0.05) is 16.6 Å². The first-order chi connectivity index (χ1) is 9.88. The van der Waals surface area contributed by atoms with E-state index in [1.54, 1.807) is 0 Å². The van der Waals surface area contributed by atoms with Gasteiger partial charge < -0.3 is 10.4 Å². The fourth-order valence-electron chi connectivity index (χ4n) is 1.79. The summed E-state index contributed by atoms with van der Waals surface area (Å²) in [5.74, 6) is -1.88. The van der Waals surface area contributed by atoms with Crippen molar-refractivity contribution in [3.05, 3.63) is 62.8 Å². The lowest BCUT2D eigenvalue weighted by molar-refractivity contribution is 0.186. The van der Waals surface area contributed by atoms with Gasteiger partial charge in [-0.3, -0.25) is 0 Å². The summed E-state index contributed by atoms with van der Waals surface area (Å²) in [5.41, 5.74) is 0.186. The van der Waals surface area contributed by atoms with E-state index in [1.165, 1.54) is 6.07 Å². The minimum absolute atomic E-state index is 0.105. The van der Waals surface area contributed by atoms with E-state index in [-0.39, 0.29) is 17.1 Å². The maximum absolute atomic E-state index is 13.5. The molecule has 2 nitrogen and oxygen atoms in total. The number of hydrogen-bond donors (Lipinski definition) is 2. The maximum Gasteiger partial charge on any atom is 0.129 e. The summed E-state index contributed by atoms with van der Waals surface area (Å²) in [6, 6.07) is 5.12. The number of aliphatic hydroxyl groups is 1. The molecule has 0 heterocycles. The first kappa shape index (κ1) is 16.1. The molecule has 1 unspecified atom stereocenters. The van der Waals surface area contributed by atoms with Crippen molar-refractivity contribution in [3.8, 4) is 0 Å². The Bertz CT molecular complexity index is 646. The molecule has 2 aromatic carbocycles. The third kappa shape index (κ3) is 3.90. The second-order valence-electron chi connectivity index (χ2n) is 4.31. The van der Waals surface area contributed by atoms with Crippen LogP contribution < -0.4 is 5.32 Å². The summed E-state index contributed by atoms with van der Waals surface area (Å²) < 4.78 is 40.0. The van der Waals surface area contributed by atoms with E-state index in [9.17, 15) is 18.3 Å². The molecule has 0 saturated carbocycles. The maximum atomic E-state index is 13.5. The Labute approximate surface area is 132 Å². The fraction of sp³-hybridized carbons (Fsp3) is 0.143. The first-order valence-electron chi connectivity index (χ1n) is 5.90. The largest absolute Gasteiger partial charge is 0.386 e. The zero-order valence-electron chi connectivity index (χ0n) is 10.5. The van der Waals surface area contributed by atoms with Crippen molar-refractivity contribution in [2.24, 2.45) is 0 Å². The minimum Gasteiger partial charge on any atom is -0.386 e. The first-order valence-corrected chi connectivity index (χ1v) is 7.07. The lowest BCUT2D eigenvalue weighted by Gasteiger charge is -2.16. The number of nitrogens with one attached hydrogen (secondary N) is 1. The van der Waals surface area contributed by atoms with E-state index >= 15 is 0 Å². The third-order valence-corrected chi connectivity index (χ3v) is 3.72. The highest BCUT2D eigenvalue weighted by Gasteiger charge is 2.15. The van der Waals surface area contributed by atoms with E-state index in [4.69, 9.17) is 11.6 Å². The molecule has 0 amide bonds. The molecular formula is C14H10BrClF3NO. The lowest BCUT2D eigenvalue weighted by atomic mass is 10.1. The lowest BCUT2D eigenvalue weighted by Crippen LogP contribution is -2.14. The molecule has 1 atom stereocenters. The number of anilines is 1. The average molecular weight is 381 g/mol. The van der Waals surface area contributed by atoms with Crippen LogP contribution in [0.1, 0.15) is 11.7 Å². The van der Waals surface area contributed by atoms with Gasteiger partial charge in [0.25, 0.3) is 0 Å². The number of hydrogen-bond acceptors (Lipinski definition) is 2. The summed E-state index contributed by atoms with van der Waals surface area (Å²) in [6.07, 6.45) is -1.28. The van der Waals surface area contributed by atoms with Crippen LogP contribution in [0.5, 0.6) is 0 Å². The molecule has 0 bridgehead atoms. The minimum atomic E-state index is -1.28. The molecule has 0 spiro atoms. The molecule has 0 saturated heterocycles. The molecule has 0 radical (unpaired) electrons. The highest BCUT2D eigenvalue weighted by Crippen LogP contribution is 2.32. The van der Waals surface area contributed by atoms with Crippen molar-refractivity contribution in [2.75, 3.05) is 11.9 Å². The van der Waals surface area contributed by atoms with E-state index in [1.807, 2.05) is 0 Å². The van der Waals surface area contributed by atoms with Crippen LogP contribution in [0.2, 0.25) is 5.02 Å². The van der Waals surface area contributed by atoms with E-state index < -0.39 is 23.6 Å². The molecule has 0 aliphatic heterocycles. The van der Waals surface area contributed by atoms with Crippen molar-refractivity contribution in [2.45, 2.75) is 6.10 Å². The number of halogens is 5. The van der Waals surface area contributed by atoms with Crippen molar-refractivity contribution in [3.63, 3.8) is 0 Å². The second-order valence-corrected chi connectivity index (χ2v) is 5.57. The van der Waals surface area contributed by atoms with Gasteiger partial charge >= 0.3 is 0 Å². The van der Waals surface area contributed by atoms with Crippen molar-refractivity contribution >= 4 is 33.2 Å². The van der Waals surface area contributed by atoms with Gasteiger partial charge in [-0.2, -0.15) is 0 Å². The van der Waals surface area contributed by atoms with E-state index in [0.29, 0.717) is 10.2 Å². The Morgan fingerprint density at radius 3 is 2.52 bits per heavy atom. The van der Waals surface area contributed by atoms with E-state index in [2.05, 4.69) is 21.2 Å². The Morgan fingerprint density at radius 1 is 1.14 bits per heavy atom. The summed E-state index contributed by atoms with van der Waals surface area (Å²) in [7, 11) is 0. The van der Waals surface area contributed by atoms with E-state index in [0.717, 1.165) is 24.3 Å². The Kier molecular flexibility index (Phi) is 5.13. The average Bonchev–Trinajstić information content (AvgIpc) is 2.40. The van der Waals surface area contributed by atoms with Crippen LogP contribution >= 0.6 is 27.5 Å². The molecule has 0 fully saturated rings. The molecule has 2 rings (SSSR count). The topological polar surface area (TPSA) is 32.3 Å². The van der Waals surface area contributed by atoms with Crippen LogP contribution in [0, 0.1) is 17.5 Å². The van der Waals surface area contributed by atoms with Gasteiger partial charge in [-0.15, -0.1) is 0 Å². The van der Waals surface area contributed by atoms with Gasteiger partial charge in [-0.1, -0.05) is 11.6 Å². The summed E-state index contributed by atoms with van der Waals surface area (Å²) >= 11 is 9.00. The molecule has 7 heteroatoms. The summed E-state index contributed by atoms with van der Waals surface area (Å²) in [6.45, 7) is -0.121. The van der Waals surface area contributed by atoms with Crippen LogP contribution in [0.3, 0.4) is 0 Å². The van der Waals surface area contributed by atoms with Crippen molar-refractivity contribution in [1.29, 1.82) is 0 Å². The SMILES string of the molecule is OC(CNc1c(Cl)cc(F)cc1Br)c1cc(F)ccc1F. The second kappa shape index (κ2) is 6.68. The normalized spacial score (nSPS) is 12.3. The number of benzene rings is 2. The van der Waals surface area contributed by atoms with Gasteiger partial charge in [-0.25, -0.2) is 13.2 Å². The summed E-state index contributed by atoms with van der Waals surface area (Å²) in [4.78, 5) is 0. The molecule has 0 aliphatic carbocycles. The van der Waals surface area contributed by atoms with Crippen LogP contribution in [-0.4, -0.2) is 11.7 Å². The fourth-order valence-corrected chi connectivity index (χ4v) is 2.75. The molecular weight excluding hydrogens is 371 g/mol. The Morgan fingerprint density at radius 2 is 1.86 bits per heavy atom. The predicted octanol–water partition coefficient (Wildman–Crippen LogP) is 4.67. The van der Waals surface area contributed by atoms with Crippen LogP contribution in [-0.2, 0) is 0 Å². The van der Waals surface area contributed by atoms with Gasteiger partial charge in [0.2, 0.25) is 0 Å². The number of aliphatic hydroxyl groups excluding tert-OH is 1. The smallest absolute Gasteiger partial charge is 0.129 e. The van der Waals surface area contributed by atoms with Crippen molar-refractivity contribution in [1.82, 2.24) is 0 Å². The van der Waals surface area contributed by atoms with Gasteiger partial charge in [-0.05, 0) is 46.3 Å². The molecule has 2 N–H and O–H groups in total. The molecule has 2 aromatic rings. The van der Waals surface area contributed by atoms with Crippen molar-refractivity contribution < 1.29 is 18.3 Å². The summed E-state index contributed by atoms with van der Waals surface area (Å²) in [5, 5.41) is 12.8. The molecule has 21 heavy (non-hydrogen) atoms.